The molecular formula is C19H15F2N5O. The minimum Gasteiger partial charge on any atom is -0.355 e. The molecule has 2 N–H and O–H groups in total. The fourth-order valence-electron chi connectivity index (χ4n) is 2.80. The molecule has 0 amide bonds. The summed E-state index contributed by atoms with van der Waals surface area (Å²) in [5.41, 5.74) is 1.25. The van der Waals surface area contributed by atoms with E-state index < -0.39 is 11.6 Å². The zero-order valence-electron chi connectivity index (χ0n) is 14.1. The minimum absolute atomic E-state index is 0.257. The van der Waals surface area contributed by atoms with Crippen LogP contribution in [0.3, 0.4) is 0 Å². The van der Waals surface area contributed by atoms with Crippen molar-refractivity contribution < 1.29 is 8.78 Å². The molecule has 0 aliphatic heterocycles. The van der Waals surface area contributed by atoms with Crippen LogP contribution in [0.4, 0.5) is 14.7 Å². The summed E-state index contributed by atoms with van der Waals surface area (Å²) in [6.07, 6.45) is 1.78. The zero-order valence-corrected chi connectivity index (χ0v) is 14.1. The first-order valence-electron chi connectivity index (χ1n) is 8.33. The maximum Gasteiger partial charge on any atom is 0.263 e. The van der Waals surface area contributed by atoms with E-state index in [0.717, 1.165) is 11.8 Å². The second-order valence-corrected chi connectivity index (χ2v) is 5.96. The molecule has 2 aromatic carbocycles. The lowest BCUT2D eigenvalue weighted by Crippen LogP contribution is -2.15. The summed E-state index contributed by atoms with van der Waals surface area (Å²) in [4.78, 5) is 19.3. The Labute approximate surface area is 152 Å². The number of anilines is 1. The smallest absolute Gasteiger partial charge is 0.263 e. The van der Waals surface area contributed by atoms with Crippen LogP contribution in [-0.2, 0) is 6.42 Å². The van der Waals surface area contributed by atoms with Gasteiger partial charge in [-0.2, -0.15) is 10.1 Å². The molecule has 0 radical (unpaired) electrons. The quantitative estimate of drug-likeness (QED) is 0.569. The molecule has 2 heterocycles. The SMILES string of the molecule is O=c1[nH]c(NCCc2ccc(F)cc2F)nc2c1cnn2-c1ccccc1. The summed E-state index contributed by atoms with van der Waals surface area (Å²) in [5.74, 6) is -0.960. The number of hydrogen-bond acceptors (Lipinski definition) is 4. The Bertz CT molecular complexity index is 1150. The van der Waals surface area contributed by atoms with Gasteiger partial charge in [-0.25, -0.2) is 13.5 Å². The van der Waals surface area contributed by atoms with Gasteiger partial charge in [-0.15, -0.1) is 0 Å². The Morgan fingerprint density at radius 1 is 1.11 bits per heavy atom. The van der Waals surface area contributed by atoms with Crippen LogP contribution >= 0.6 is 0 Å². The molecule has 136 valence electrons. The molecule has 0 saturated carbocycles. The molecule has 0 unspecified atom stereocenters. The molecule has 0 aliphatic rings. The largest absolute Gasteiger partial charge is 0.355 e. The molecule has 0 spiro atoms. The summed E-state index contributed by atoms with van der Waals surface area (Å²) >= 11 is 0. The van der Waals surface area contributed by atoms with Crippen molar-refractivity contribution in [1.29, 1.82) is 0 Å². The van der Waals surface area contributed by atoms with Gasteiger partial charge >= 0.3 is 0 Å². The minimum atomic E-state index is -0.616. The lowest BCUT2D eigenvalue weighted by Gasteiger charge is -2.07. The molecular weight excluding hydrogens is 352 g/mol. The Balaban J connectivity index is 1.58. The normalized spacial score (nSPS) is 11.0. The number of aromatic nitrogens is 4. The van der Waals surface area contributed by atoms with Crippen LogP contribution in [0.1, 0.15) is 5.56 Å². The Hall–Kier alpha value is -3.55. The predicted molar refractivity (Wildman–Crippen MR) is 98.0 cm³/mol. The first-order chi connectivity index (χ1) is 13.1. The third-order valence-corrected chi connectivity index (χ3v) is 4.14. The summed E-state index contributed by atoms with van der Waals surface area (Å²) < 4.78 is 28.2. The highest BCUT2D eigenvalue weighted by Gasteiger charge is 2.11. The van der Waals surface area contributed by atoms with Crippen molar-refractivity contribution in [2.45, 2.75) is 6.42 Å². The van der Waals surface area contributed by atoms with Crippen LogP contribution in [0.15, 0.2) is 59.5 Å². The number of rotatable bonds is 5. The van der Waals surface area contributed by atoms with Crippen molar-refractivity contribution in [3.05, 3.63) is 82.3 Å². The number of fused-ring (bicyclic) bond motifs is 1. The fourth-order valence-corrected chi connectivity index (χ4v) is 2.80. The number of H-pyrrole nitrogens is 1. The lowest BCUT2D eigenvalue weighted by atomic mass is 10.1. The van der Waals surface area contributed by atoms with Crippen LogP contribution in [-0.4, -0.2) is 26.3 Å². The first kappa shape index (κ1) is 16.9. The summed E-state index contributed by atoms with van der Waals surface area (Å²) in [6, 6.07) is 12.8. The molecule has 2 aromatic heterocycles. The van der Waals surface area contributed by atoms with Crippen molar-refractivity contribution in [3.63, 3.8) is 0 Å². The van der Waals surface area contributed by atoms with Crippen molar-refractivity contribution in [3.8, 4) is 5.69 Å². The topological polar surface area (TPSA) is 75.6 Å². The number of benzene rings is 2. The molecule has 0 aliphatic carbocycles. The monoisotopic (exact) mass is 367 g/mol. The van der Waals surface area contributed by atoms with E-state index >= 15 is 0 Å². The Morgan fingerprint density at radius 3 is 2.70 bits per heavy atom. The average molecular weight is 367 g/mol. The van der Waals surface area contributed by atoms with Gasteiger partial charge in [0, 0.05) is 12.6 Å². The maximum absolute atomic E-state index is 13.7. The van der Waals surface area contributed by atoms with Crippen LogP contribution in [0, 0.1) is 11.6 Å². The van der Waals surface area contributed by atoms with E-state index in [1.807, 2.05) is 30.3 Å². The number of nitrogens with zero attached hydrogens (tertiary/aromatic N) is 3. The van der Waals surface area contributed by atoms with Gasteiger partial charge in [-0.3, -0.25) is 9.78 Å². The summed E-state index contributed by atoms with van der Waals surface area (Å²) in [7, 11) is 0. The number of nitrogens with one attached hydrogen (secondary N) is 2. The van der Waals surface area contributed by atoms with E-state index in [9.17, 15) is 13.6 Å². The van der Waals surface area contributed by atoms with Crippen molar-refractivity contribution in [2.24, 2.45) is 0 Å². The molecule has 0 atom stereocenters. The highest BCUT2D eigenvalue weighted by Crippen LogP contribution is 2.15. The van der Waals surface area contributed by atoms with Gasteiger partial charge in [0.2, 0.25) is 5.95 Å². The van der Waals surface area contributed by atoms with E-state index in [2.05, 4.69) is 20.4 Å². The van der Waals surface area contributed by atoms with E-state index in [1.54, 1.807) is 4.68 Å². The van der Waals surface area contributed by atoms with Gasteiger partial charge in [0.25, 0.3) is 5.56 Å². The lowest BCUT2D eigenvalue weighted by molar-refractivity contribution is 0.572. The van der Waals surface area contributed by atoms with Crippen LogP contribution in [0.2, 0.25) is 0 Å². The van der Waals surface area contributed by atoms with Gasteiger partial charge in [-0.05, 0) is 30.2 Å². The van der Waals surface area contributed by atoms with Gasteiger partial charge in [0.05, 0.1) is 11.9 Å². The molecule has 8 heteroatoms. The van der Waals surface area contributed by atoms with Crippen molar-refractivity contribution >= 4 is 17.0 Å². The molecule has 6 nitrogen and oxygen atoms in total. The second kappa shape index (κ2) is 6.99. The van der Waals surface area contributed by atoms with Crippen LogP contribution in [0.5, 0.6) is 0 Å². The van der Waals surface area contributed by atoms with Crippen LogP contribution in [0.25, 0.3) is 16.7 Å². The first-order valence-corrected chi connectivity index (χ1v) is 8.33. The van der Waals surface area contributed by atoms with Crippen molar-refractivity contribution in [2.75, 3.05) is 11.9 Å². The van der Waals surface area contributed by atoms with Gasteiger partial charge in [-0.1, -0.05) is 24.3 Å². The van der Waals surface area contributed by atoms with Crippen LogP contribution < -0.4 is 10.9 Å². The van der Waals surface area contributed by atoms with E-state index in [-0.39, 0.29) is 11.5 Å². The fraction of sp³-hybridized carbons (Fsp3) is 0.105. The zero-order chi connectivity index (χ0) is 18.8. The standard InChI is InChI=1S/C19H15F2N5O/c20-13-7-6-12(16(21)10-13)8-9-22-19-24-17-15(18(27)25-19)11-23-26(17)14-4-2-1-3-5-14/h1-7,10-11H,8-9H2,(H2,22,24,25,27). The van der Waals surface area contributed by atoms with Gasteiger partial charge < -0.3 is 5.32 Å². The third kappa shape index (κ3) is 3.41. The van der Waals surface area contributed by atoms with Crippen molar-refractivity contribution in [1.82, 2.24) is 19.7 Å². The number of hydrogen-bond donors (Lipinski definition) is 2. The highest BCUT2D eigenvalue weighted by molar-refractivity contribution is 5.76. The van der Waals surface area contributed by atoms with Gasteiger partial charge in [0.1, 0.15) is 17.0 Å². The second-order valence-electron chi connectivity index (χ2n) is 5.96. The number of para-hydroxylation sites is 1. The van der Waals surface area contributed by atoms with Gasteiger partial charge in [0.15, 0.2) is 5.65 Å². The molecule has 0 fully saturated rings. The number of halogens is 2. The Kier molecular flexibility index (Phi) is 4.37. The number of aromatic amines is 1. The predicted octanol–water partition coefficient (Wildman–Crippen LogP) is 3.04. The maximum atomic E-state index is 13.7. The average Bonchev–Trinajstić information content (AvgIpc) is 3.09. The molecule has 4 aromatic rings. The molecule has 0 saturated heterocycles. The third-order valence-electron chi connectivity index (χ3n) is 4.14. The Morgan fingerprint density at radius 2 is 1.93 bits per heavy atom. The summed E-state index contributed by atoms with van der Waals surface area (Å²) in [6.45, 7) is 0.316. The summed E-state index contributed by atoms with van der Waals surface area (Å²) in [5, 5.41) is 7.57. The van der Waals surface area contributed by atoms with E-state index in [1.165, 1.54) is 18.3 Å². The highest BCUT2D eigenvalue weighted by atomic mass is 19.1. The molecule has 0 bridgehead atoms. The van der Waals surface area contributed by atoms with E-state index in [0.29, 0.717) is 29.6 Å². The molecule has 4 rings (SSSR count). The molecule has 27 heavy (non-hydrogen) atoms. The van der Waals surface area contributed by atoms with E-state index in [4.69, 9.17) is 0 Å².